The third-order valence-electron chi connectivity index (χ3n) is 6.60. The molecule has 1 unspecified atom stereocenters. The van der Waals surface area contributed by atoms with Crippen molar-refractivity contribution in [2.45, 2.75) is 18.8 Å². The molecule has 38 heavy (non-hydrogen) atoms. The number of amides is 2. The minimum atomic E-state index is -0.148. The molecule has 1 saturated heterocycles. The Hall–Kier alpha value is -3.77. The highest BCUT2D eigenvalue weighted by molar-refractivity contribution is 7.13. The molecule has 10 nitrogen and oxygen atoms in total. The predicted molar refractivity (Wildman–Crippen MR) is 154 cm³/mol. The molecule has 3 N–H and O–H groups in total. The number of aromatic nitrogens is 4. The zero-order valence-electron chi connectivity index (χ0n) is 21.4. The molecule has 12 heteroatoms. The first-order valence-electron chi connectivity index (χ1n) is 12.5. The molecule has 0 spiro atoms. The van der Waals surface area contributed by atoms with Gasteiger partial charge in [-0.3, -0.25) is 5.32 Å². The van der Waals surface area contributed by atoms with Gasteiger partial charge >= 0.3 is 6.03 Å². The summed E-state index contributed by atoms with van der Waals surface area (Å²) in [5.41, 5.74) is 11.8. The van der Waals surface area contributed by atoms with E-state index < -0.39 is 0 Å². The van der Waals surface area contributed by atoms with E-state index in [2.05, 4.69) is 61.7 Å². The van der Waals surface area contributed by atoms with Gasteiger partial charge in [0.2, 0.25) is 10.3 Å². The number of nitrogen functional groups attached to an aromatic ring is 1. The number of hydrogen-bond acceptors (Lipinski definition) is 10. The second-order valence-electron chi connectivity index (χ2n) is 9.42. The van der Waals surface area contributed by atoms with Crippen LogP contribution in [0.3, 0.4) is 0 Å². The molecule has 4 aromatic rings. The fourth-order valence-corrected chi connectivity index (χ4v) is 5.67. The van der Waals surface area contributed by atoms with E-state index in [-0.39, 0.29) is 11.9 Å². The fraction of sp³-hybridized carbons (Fsp3) is 0.346. The molecule has 1 aliphatic rings. The predicted octanol–water partition coefficient (Wildman–Crippen LogP) is 4.16. The monoisotopic (exact) mass is 549 g/mol. The molecule has 1 fully saturated rings. The maximum Gasteiger partial charge on any atom is 0.323 e. The number of hydrogen-bond donors (Lipinski definition) is 2. The zero-order chi connectivity index (χ0) is 26.5. The Balaban J connectivity index is 1.31. The van der Waals surface area contributed by atoms with Crippen molar-refractivity contribution in [3.8, 4) is 0 Å². The van der Waals surface area contributed by atoms with Crippen molar-refractivity contribution in [3.63, 3.8) is 0 Å². The van der Waals surface area contributed by atoms with Crippen molar-refractivity contribution < 1.29 is 4.79 Å². The number of urea groups is 1. The number of anilines is 4. The van der Waals surface area contributed by atoms with Gasteiger partial charge in [0, 0.05) is 69.1 Å². The summed E-state index contributed by atoms with van der Waals surface area (Å²) in [6, 6.07) is 16.5. The molecule has 0 radical (unpaired) electrons. The van der Waals surface area contributed by atoms with Crippen LogP contribution in [0.15, 0.2) is 54.0 Å². The lowest BCUT2D eigenvalue weighted by atomic mass is 9.91. The number of rotatable bonds is 7. The summed E-state index contributed by atoms with van der Waals surface area (Å²) in [7, 11) is 4.08. The first kappa shape index (κ1) is 25.9. The molecular weight excluding hydrogens is 518 g/mol. The van der Waals surface area contributed by atoms with Crippen LogP contribution in [0.2, 0.25) is 0 Å². The second kappa shape index (κ2) is 11.7. The number of benzene rings is 2. The fourth-order valence-electron chi connectivity index (χ4n) is 4.46. The second-order valence-corrected chi connectivity index (χ2v) is 11.0. The van der Waals surface area contributed by atoms with Gasteiger partial charge in [-0.15, -0.1) is 10.2 Å². The topological polar surface area (TPSA) is 116 Å². The number of nitrogens with zero attached hydrogens (tertiary/aromatic N) is 7. The van der Waals surface area contributed by atoms with E-state index in [1.54, 1.807) is 5.51 Å². The van der Waals surface area contributed by atoms with Crippen molar-refractivity contribution >= 4 is 50.5 Å². The average Bonchev–Trinajstić information content (AvgIpc) is 3.55. The molecule has 1 atom stereocenters. The summed E-state index contributed by atoms with van der Waals surface area (Å²) >= 11 is 2.73. The minimum absolute atomic E-state index is 0.00645. The van der Waals surface area contributed by atoms with E-state index >= 15 is 0 Å². The largest absolute Gasteiger partial charge is 0.399 e. The summed E-state index contributed by atoms with van der Waals surface area (Å²) in [4.78, 5) is 23.8. The molecule has 2 aromatic heterocycles. The highest BCUT2D eigenvalue weighted by atomic mass is 32.1. The Morgan fingerprint density at radius 2 is 1.87 bits per heavy atom. The molecule has 0 saturated carbocycles. The lowest BCUT2D eigenvalue weighted by molar-refractivity contribution is 0.215. The number of carbonyl (C=O) groups is 1. The number of carbonyl (C=O) groups excluding carboxylic acids is 1. The van der Waals surface area contributed by atoms with Crippen LogP contribution in [0.25, 0.3) is 0 Å². The highest BCUT2D eigenvalue weighted by Gasteiger charge is 2.25. The minimum Gasteiger partial charge on any atom is -0.399 e. The Bertz CT molecular complexity index is 1320. The molecule has 5 rings (SSSR count). The van der Waals surface area contributed by atoms with Gasteiger partial charge in [0.15, 0.2) is 5.82 Å². The lowest BCUT2D eigenvalue weighted by Crippen LogP contribution is -2.38. The van der Waals surface area contributed by atoms with Crippen molar-refractivity contribution in [3.05, 3.63) is 71.0 Å². The molecule has 2 aromatic carbocycles. The summed E-state index contributed by atoms with van der Waals surface area (Å²) in [6.45, 7) is 2.77. The van der Waals surface area contributed by atoms with E-state index in [1.165, 1.54) is 34.1 Å². The molecule has 2 amide bonds. The van der Waals surface area contributed by atoms with Crippen molar-refractivity contribution in [1.29, 1.82) is 0 Å². The van der Waals surface area contributed by atoms with Gasteiger partial charge in [-0.05, 0) is 48.2 Å². The van der Waals surface area contributed by atoms with Crippen LogP contribution in [0.1, 0.15) is 29.3 Å². The summed E-state index contributed by atoms with van der Waals surface area (Å²) in [5, 5.41) is 11.9. The van der Waals surface area contributed by atoms with Gasteiger partial charge in [0.25, 0.3) is 0 Å². The molecule has 198 valence electrons. The third-order valence-corrected chi connectivity index (χ3v) is 8.00. The summed E-state index contributed by atoms with van der Waals surface area (Å²) in [6.07, 6.45) is 1.63. The van der Waals surface area contributed by atoms with Crippen molar-refractivity contribution in [2.24, 2.45) is 0 Å². The van der Waals surface area contributed by atoms with Crippen molar-refractivity contribution in [1.82, 2.24) is 24.5 Å². The van der Waals surface area contributed by atoms with E-state index in [0.717, 1.165) is 41.6 Å². The SMILES string of the molecule is CN(C)c1ccc(CC(c2ccc(N)cc2)c2nsc(N3CCCN(C(=O)Nc4nncs4)CC3)n2)cc1. The van der Waals surface area contributed by atoms with Gasteiger partial charge in [0.05, 0.1) is 0 Å². The van der Waals surface area contributed by atoms with E-state index in [1.807, 2.05) is 31.1 Å². The maximum atomic E-state index is 12.7. The Morgan fingerprint density at radius 3 is 2.58 bits per heavy atom. The van der Waals surface area contributed by atoms with Gasteiger partial charge in [0.1, 0.15) is 5.51 Å². The van der Waals surface area contributed by atoms with Gasteiger partial charge in [-0.25, -0.2) is 9.78 Å². The van der Waals surface area contributed by atoms with E-state index in [0.29, 0.717) is 24.8 Å². The standard InChI is InChI=1S/C26H31N9OS2/c1-33(2)21-10-4-18(5-11-21)16-22(19-6-8-20(27)9-7-19)23-29-26(38-32-23)35-13-3-12-34(14-15-35)25(36)30-24-31-28-17-37-24/h4-11,17,22H,3,12-16,27H2,1-2H3,(H,30,31,36). The van der Waals surface area contributed by atoms with Gasteiger partial charge < -0.3 is 20.4 Å². The maximum absolute atomic E-state index is 12.7. The van der Waals surface area contributed by atoms with E-state index in [4.69, 9.17) is 15.1 Å². The Kier molecular flexibility index (Phi) is 7.99. The summed E-state index contributed by atoms with van der Waals surface area (Å²) < 4.78 is 4.81. The zero-order valence-corrected chi connectivity index (χ0v) is 23.1. The van der Waals surface area contributed by atoms with Crippen LogP contribution >= 0.6 is 22.9 Å². The van der Waals surface area contributed by atoms with Crippen LogP contribution < -0.4 is 20.9 Å². The molecular formula is C26H31N9OS2. The van der Waals surface area contributed by atoms with Crippen LogP contribution in [0.4, 0.5) is 26.4 Å². The third kappa shape index (κ3) is 6.20. The normalized spacial score (nSPS) is 14.7. The van der Waals surface area contributed by atoms with Gasteiger partial charge in [-0.2, -0.15) is 4.37 Å². The first-order chi connectivity index (χ1) is 18.5. The average molecular weight is 550 g/mol. The molecule has 3 heterocycles. The Labute approximate surface area is 230 Å². The van der Waals surface area contributed by atoms with E-state index in [9.17, 15) is 4.79 Å². The highest BCUT2D eigenvalue weighted by Crippen LogP contribution is 2.31. The number of nitrogens with two attached hydrogens (primary N) is 1. The smallest absolute Gasteiger partial charge is 0.323 e. The van der Waals surface area contributed by atoms with Crippen LogP contribution in [0, 0.1) is 0 Å². The van der Waals surface area contributed by atoms with Crippen LogP contribution in [-0.4, -0.2) is 70.8 Å². The first-order valence-corrected chi connectivity index (χ1v) is 14.1. The quantitative estimate of drug-likeness (QED) is 0.330. The van der Waals surface area contributed by atoms with Gasteiger partial charge in [-0.1, -0.05) is 35.6 Å². The Morgan fingerprint density at radius 1 is 1.08 bits per heavy atom. The van der Waals surface area contributed by atoms with Crippen LogP contribution in [0.5, 0.6) is 0 Å². The molecule has 0 aliphatic carbocycles. The van der Waals surface area contributed by atoms with Crippen molar-refractivity contribution in [2.75, 3.05) is 61.1 Å². The molecule has 0 bridgehead atoms. The number of nitrogens with one attached hydrogen (secondary N) is 1. The lowest BCUT2D eigenvalue weighted by Gasteiger charge is -2.21. The summed E-state index contributed by atoms with van der Waals surface area (Å²) in [5.74, 6) is 0.813. The molecule has 1 aliphatic heterocycles. The van der Waals surface area contributed by atoms with Crippen LogP contribution in [-0.2, 0) is 6.42 Å².